The lowest BCUT2D eigenvalue weighted by Gasteiger charge is -2.15. The third kappa shape index (κ3) is 5.69. The van der Waals surface area contributed by atoms with Crippen LogP contribution in [0.15, 0.2) is 46.0 Å². The molecule has 2 aromatic heterocycles. The van der Waals surface area contributed by atoms with Crippen LogP contribution in [0.2, 0.25) is 0 Å². The summed E-state index contributed by atoms with van der Waals surface area (Å²) in [7, 11) is 3.11. The van der Waals surface area contributed by atoms with E-state index in [1.54, 1.807) is 37.6 Å². The highest BCUT2D eigenvalue weighted by atomic mass is 19.3. The summed E-state index contributed by atoms with van der Waals surface area (Å²) in [5.41, 5.74) is 0.510. The van der Waals surface area contributed by atoms with Crippen LogP contribution in [0.4, 0.5) is 8.78 Å². The van der Waals surface area contributed by atoms with E-state index in [9.17, 15) is 8.78 Å². The first-order valence-corrected chi connectivity index (χ1v) is 9.10. The molecule has 2 heterocycles. The van der Waals surface area contributed by atoms with Crippen LogP contribution in [-0.4, -0.2) is 48.5 Å². The van der Waals surface area contributed by atoms with Crippen molar-refractivity contribution >= 4 is 5.96 Å². The van der Waals surface area contributed by atoms with Gasteiger partial charge in [0, 0.05) is 32.1 Å². The van der Waals surface area contributed by atoms with E-state index in [0.29, 0.717) is 47.6 Å². The van der Waals surface area contributed by atoms with Gasteiger partial charge in [0.05, 0.1) is 13.4 Å². The summed E-state index contributed by atoms with van der Waals surface area (Å²) < 4.78 is 40.3. The molecule has 3 N–H and O–H groups in total. The van der Waals surface area contributed by atoms with E-state index in [4.69, 9.17) is 9.15 Å². The molecule has 30 heavy (non-hydrogen) atoms. The zero-order chi connectivity index (χ0) is 21.3. The smallest absolute Gasteiger partial charge is 0.387 e. The van der Waals surface area contributed by atoms with Gasteiger partial charge in [-0.05, 0) is 30.3 Å². The summed E-state index contributed by atoms with van der Waals surface area (Å²) in [5.74, 6) is 2.86. The van der Waals surface area contributed by atoms with Crippen LogP contribution >= 0.6 is 0 Å². The number of nitrogens with one attached hydrogen (secondary N) is 3. The number of aromatic nitrogens is 3. The zero-order valence-electron chi connectivity index (χ0n) is 16.5. The summed E-state index contributed by atoms with van der Waals surface area (Å²) >= 11 is 0. The molecule has 0 aliphatic rings. The molecule has 11 heteroatoms. The standard InChI is InChI=1S/C19H22F2N6O3/c1-22-19(23-8-7-16-25-17(27-26-16)15-4-3-9-29-15)24-11-12-10-13(28-2)5-6-14(12)30-18(20)21/h3-6,9-10,18H,7-8,11H2,1-2H3,(H2,22,23,24)(H,25,26,27). The zero-order valence-corrected chi connectivity index (χ0v) is 16.5. The molecule has 1 aromatic carbocycles. The van der Waals surface area contributed by atoms with Crippen LogP contribution in [0.1, 0.15) is 11.4 Å². The van der Waals surface area contributed by atoms with Crippen molar-refractivity contribution in [2.75, 3.05) is 20.7 Å². The van der Waals surface area contributed by atoms with Gasteiger partial charge in [0.15, 0.2) is 11.7 Å². The van der Waals surface area contributed by atoms with E-state index in [-0.39, 0.29) is 12.3 Å². The molecule has 0 amide bonds. The molecule has 0 aliphatic carbocycles. The first kappa shape index (κ1) is 21.1. The molecular weight excluding hydrogens is 398 g/mol. The number of H-pyrrole nitrogens is 1. The van der Waals surface area contributed by atoms with Gasteiger partial charge in [-0.2, -0.15) is 13.9 Å². The SMILES string of the molecule is CN=C(NCCc1nc(-c2ccco2)n[nH]1)NCc1cc(OC)ccc1OC(F)F. The van der Waals surface area contributed by atoms with E-state index in [1.165, 1.54) is 13.2 Å². The Morgan fingerprint density at radius 2 is 2.17 bits per heavy atom. The van der Waals surface area contributed by atoms with Gasteiger partial charge in [0.2, 0.25) is 5.82 Å². The van der Waals surface area contributed by atoms with Gasteiger partial charge in [-0.15, -0.1) is 0 Å². The molecule has 3 rings (SSSR count). The van der Waals surface area contributed by atoms with E-state index < -0.39 is 6.61 Å². The average molecular weight is 420 g/mol. The first-order chi connectivity index (χ1) is 14.6. The van der Waals surface area contributed by atoms with Gasteiger partial charge in [-0.1, -0.05) is 0 Å². The number of halogens is 2. The van der Waals surface area contributed by atoms with Crippen molar-refractivity contribution < 1.29 is 22.7 Å². The van der Waals surface area contributed by atoms with Crippen LogP contribution in [0.3, 0.4) is 0 Å². The fourth-order valence-electron chi connectivity index (χ4n) is 2.65. The predicted molar refractivity (Wildman–Crippen MR) is 106 cm³/mol. The van der Waals surface area contributed by atoms with Crippen LogP contribution in [0.5, 0.6) is 11.5 Å². The maximum atomic E-state index is 12.6. The minimum atomic E-state index is -2.91. The van der Waals surface area contributed by atoms with E-state index in [1.807, 2.05) is 0 Å². The number of benzene rings is 1. The number of hydrogen-bond donors (Lipinski definition) is 3. The lowest BCUT2D eigenvalue weighted by molar-refractivity contribution is -0.0504. The van der Waals surface area contributed by atoms with Gasteiger partial charge >= 0.3 is 6.61 Å². The third-order valence-electron chi connectivity index (χ3n) is 4.08. The number of hydrogen-bond acceptors (Lipinski definition) is 6. The second-order valence-electron chi connectivity index (χ2n) is 6.04. The number of guanidine groups is 1. The molecule has 0 spiro atoms. The van der Waals surface area contributed by atoms with Crippen molar-refractivity contribution in [2.24, 2.45) is 4.99 Å². The Labute approximate surface area is 171 Å². The molecular formula is C19H22F2N6O3. The Morgan fingerprint density at radius 3 is 2.87 bits per heavy atom. The van der Waals surface area contributed by atoms with Gasteiger partial charge in [0.1, 0.15) is 17.3 Å². The van der Waals surface area contributed by atoms with Crippen molar-refractivity contribution in [3.05, 3.63) is 48.0 Å². The van der Waals surface area contributed by atoms with Crippen LogP contribution in [-0.2, 0) is 13.0 Å². The van der Waals surface area contributed by atoms with Crippen LogP contribution < -0.4 is 20.1 Å². The summed E-state index contributed by atoms with van der Waals surface area (Å²) in [6.45, 7) is -2.18. The minimum Gasteiger partial charge on any atom is -0.497 e. The van der Waals surface area contributed by atoms with Crippen molar-refractivity contribution in [1.29, 1.82) is 0 Å². The molecule has 0 fully saturated rings. The molecule has 0 saturated heterocycles. The molecule has 0 aliphatic heterocycles. The first-order valence-electron chi connectivity index (χ1n) is 9.10. The van der Waals surface area contributed by atoms with Gasteiger partial charge in [0.25, 0.3) is 0 Å². The summed E-state index contributed by atoms with van der Waals surface area (Å²) in [6.07, 6.45) is 2.12. The highest BCUT2D eigenvalue weighted by Crippen LogP contribution is 2.25. The lowest BCUT2D eigenvalue weighted by atomic mass is 10.2. The summed E-state index contributed by atoms with van der Waals surface area (Å²) in [6, 6.07) is 8.17. The Balaban J connectivity index is 1.53. The van der Waals surface area contributed by atoms with Crippen molar-refractivity contribution in [2.45, 2.75) is 19.6 Å². The Hall–Kier alpha value is -3.63. The monoisotopic (exact) mass is 420 g/mol. The number of furan rings is 1. The molecule has 0 bridgehead atoms. The van der Waals surface area contributed by atoms with Crippen LogP contribution in [0, 0.1) is 0 Å². The Morgan fingerprint density at radius 1 is 1.30 bits per heavy atom. The van der Waals surface area contributed by atoms with E-state index in [0.717, 1.165) is 0 Å². The summed E-state index contributed by atoms with van der Waals surface area (Å²) in [5, 5.41) is 13.2. The number of aliphatic imine (C=N–C) groups is 1. The Kier molecular flexibility index (Phi) is 7.19. The number of methoxy groups -OCH3 is 1. The molecule has 0 radical (unpaired) electrons. The molecule has 3 aromatic rings. The van der Waals surface area contributed by atoms with Gasteiger partial charge in [-0.25, -0.2) is 4.98 Å². The second kappa shape index (κ2) is 10.2. The van der Waals surface area contributed by atoms with Crippen LogP contribution in [0.25, 0.3) is 11.6 Å². The summed E-state index contributed by atoms with van der Waals surface area (Å²) in [4.78, 5) is 8.49. The maximum absolute atomic E-state index is 12.6. The molecule has 0 atom stereocenters. The van der Waals surface area contributed by atoms with Gasteiger partial charge in [-0.3, -0.25) is 10.1 Å². The lowest BCUT2D eigenvalue weighted by Crippen LogP contribution is -2.38. The number of aromatic amines is 1. The normalized spacial score (nSPS) is 11.6. The fraction of sp³-hybridized carbons (Fsp3) is 0.316. The van der Waals surface area contributed by atoms with Crippen molar-refractivity contribution in [1.82, 2.24) is 25.8 Å². The maximum Gasteiger partial charge on any atom is 0.387 e. The molecule has 0 saturated carbocycles. The number of nitrogens with zero attached hydrogens (tertiary/aromatic N) is 3. The number of alkyl halides is 2. The predicted octanol–water partition coefficient (Wildman–Crippen LogP) is 2.58. The molecule has 0 unspecified atom stereocenters. The van der Waals surface area contributed by atoms with Crippen molar-refractivity contribution in [3.8, 4) is 23.1 Å². The number of ether oxygens (including phenoxy) is 2. The Bertz CT molecular complexity index is 959. The van der Waals surface area contributed by atoms with E-state index in [2.05, 4.69) is 35.5 Å². The third-order valence-corrected chi connectivity index (χ3v) is 4.08. The molecule has 9 nitrogen and oxygen atoms in total. The number of rotatable bonds is 9. The quantitative estimate of drug-likeness (QED) is 0.361. The highest BCUT2D eigenvalue weighted by Gasteiger charge is 2.12. The topological polar surface area (TPSA) is 110 Å². The van der Waals surface area contributed by atoms with Crippen molar-refractivity contribution in [3.63, 3.8) is 0 Å². The largest absolute Gasteiger partial charge is 0.497 e. The second-order valence-corrected chi connectivity index (χ2v) is 6.04. The highest BCUT2D eigenvalue weighted by molar-refractivity contribution is 5.79. The average Bonchev–Trinajstić information content (AvgIpc) is 3.43. The van der Waals surface area contributed by atoms with Gasteiger partial charge < -0.3 is 24.5 Å². The fourth-order valence-corrected chi connectivity index (χ4v) is 2.65. The molecule has 160 valence electrons. The van der Waals surface area contributed by atoms with E-state index >= 15 is 0 Å². The minimum absolute atomic E-state index is 0.0702.